The molecule has 2 N–H and O–H groups in total. The molecule has 3 aromatic rings. The average Bonchev–Trinajstić information content (AvgIpc) is 3.17. The standard InChI is InChI=1S/C23H19N3O7/c1-2-23(31)16-7-18-20-14(9-26(18)21(29)15(16)10-32-22(23)30)13(8-24-33-11-19(27)28)12-5-3-4-6-17(12)25-20/h3-8,31H,2,9-11H2,1H3,(H,27,28)/t23-/m0/s1. The van der Waals surface area contributed by atoms with Gasteiger partial charge in [-0.3, -0.25) is 4.79 Å². The number of benzene rings is 1. The van der Waals surface area contributed by atoms with E-state index in [4.69, 9.17) is 19.7 Å². The number of hydrogen-bond donors (Lipinski definition) is 2. The second kappa shape index (κ2) is 7.52. The lowest BCUT2D eigenvalue weighted by molar-refractivity contribution is -0.172. The van der Waals surface area contributed by atoms with E-state index in [1.165, 1.54) is 10.8 Å². The van der Waals surface area contributed by atoms with Crippen LogP contribution >= 0.6 is 0 Å². The number of rotatable bonds is 5. The number of fused-ring (bicyclic) bond motifs is 5. The van der Waals surface area contributed by atoms with Crippen molar-refractivity contribution < 1.29 is 29.4 Å². The van der Waals surface area contributed by atoms with Crippen molar-refractivity contribution in [3.63, 3.8) is 0 Å². The van der Waals surface area contributed by atoms with Gasteiger partial charge in [0.15, 0.2) is 5.60 Å². The molecule has 1 aromatic carbocycles. The molecule has 0 bridgehead atoms. The molecule has 2 aromatic heterocycles. The molecule has 1 atom stereocenters. The minimum absolute atomic E-state index is 0.0541. The van der Waals surface area contributed by atoms with Crippen LogP contribution in [0.4, 0.5) is 0 Å². The third-order valence-electron chi connectivity index (χ3n) is 6.08. The lowest BCUT2D eigenvalue weighted by atomic mass is 9.86. The topological polar surface area (TPSA) is 140 Å². The zero-order valence-corrected chi connectivity index (χ0v) is 17.6. The smallest absolute Gasteiger partial charge is 0.344 e. The van der Waals surface area contributed by atoms with Crippen LogP contribution < -0.4 is 5.56 Å². The molecule has 0 aliphatic carbocycles. The minimum Gasteiger partial charge on any atom is -0.479 e. The molecule has 0 saturated heterocycles. The predicted octanol–water partition coefficient (Wildman–Crippen LogP) is 1.51. The largest absolute Gasteiger partial charge is 0.479 e. The third kappa shape index (κ3) is 3.10. The predicted molar refractivity (Wildman–Crippen MR) is 116 cm³/mol. The molecular formula is C23H19N3O7. The fraction of sp³-hybridized carbons (Fsp3) is 0.261. The summed E-state index contributed by atoms with van der Waals surface area (Å²) in [6, 6.07) is 8.95. The van der Waals surface area contributed by atoms with Crippen molar-refractivity contribution in [1.82, 2.24) is 9.55 Å². The Kier molecular flexibility index (Phi) is 4.75. The Bertz CT molecular complexity index is 1430. The molecule has 10 nitrogen and oxygen atoms in total. The van der Waals surface area contributed by atoms with Crippen LogP contribution in [-0.2, 0) is 37.9 Å². The van der Waals surface area contributed by atoms with Crippen LogP contribution in [0.1, 0.15) is 35.6 Å². The number of carboxylic acids is 1. The molecule has 2 aliphatic heterocycles. The molecule has 0 unspecified atom stereocenters. The molecule has 33 heavy (non-hydrogen) atoms. The first kappa shape index (κ1) is 20.8. The van der Waals surface area contributed by atoms with Gasteiger partial charge < -0.3 is 24.4 Å². The summed E-state index contributed by atoms with van der Waals surface area (Å²) in [5.41, 5.74) is 1.17. The van der Waals surface area contributed by atoms with Gasteiger partial charge in [-0.25, -0.2) is 14.6 Å². The fourth-order valence-electron chi connectivity index (χ4n) is 4.39. The Morgan fingerprint density at radius 3 is 2.88 bits per heavy atom. The van der Waals surface area contributed by atoms with Crippen molar-refractivity contribution in [2.75, 3.05) is 6.61 Å². The first-order valence-corrected chi connectivity index (χ1v) is 10.3. The minimum atomic E-state index is -1.91. The van der Waals surface area contributed by atoms with E-state index in [2.05, 4.69) is 5.16 Å². The van der Waals surface area contributed by atoms with Gasteiger partial charge in [-0.1, -0.05) is 30.3 Å². The maximum Gasteiger partial charge on any atom is 0.344 e. The number of para-hydroxylation sites is 1. The summed E-state index contributed by atoms with van der Waals surface area (Å²) >= 11 is 0. The molecule has 0 fully saturated rings. The van der Waals surface area contributed by atoms with E-state index < -0.39 is 24.1 Å². The van der Waals surface area contributed by atoms with Crippen molar-refractivity contribution in [2.45, 2.75) is 32.1 Å². The van der Waals surface area contributed by atoms with Crippen LogP contribution in [-0.4, -0.2) is 44.5 Å². The summed E-state index contributed by atoms with van der Waals surface area (Å²) in [4.78, 5) is 46.0. The van der Waals surface area contributed by atoms with E-state index in [9.17, 15) is 19.5 Å². The van der Waals surface area contributed by atoms with Crippen molar-refractivity contribution in [3.8, 4) is 11.4 Å². The van der Waals surface area contributed by atoms with Gasteiger partial charge in [0.25, 0.3) is 5.56 Å². The Labute approximate surface area is 186 Å². The summed E-state index contributed by atoms with van der Waals surface area (Å²) in [5, 5.41) is 24.3. The highest BCUT2D eigenvalue weighted by Gasteiger charge is 2.45. The van der Waals surface area contributed by atoms with Crippen LogP contribution in [0.2, 0.25) is 0 Å². The van der Waals surface area contributed by atoms with E-state index in [1.54, 1.807) is 13.0 Å². The van der Waals surface area contributed by atoms with E-state index in [1.807, 2.05) is 24.3 Å². The number of aliphatic hydroxyl groups is 1. The molecule has 5 rings (SSSR count). The van der Waals surface area contributed by atoms with Crippen LogP contribution in [0, 0.1) is 0 Å². The maximum absolute atomic E-state index is 13.3. The number of carboxylic acid groups (broad SMARTS) is 1. The number of ether oxygens (including phenoxy) is 1. The van der Waals surface area contributed by atoms with Gasteiger partial charge in [0.05, 0.1) is 35.2 Å². The second-order valence-electron chi connectivity index (χ2n) is 7.87. The van der Waals surface area contributed by atoms with Gasteiger partial charge in [0.2, 0.25) is 6.61 Å². The van der Waals surface area contributed by atoms with Crippen LogP contribution in [0.25, 0.3) is 22.3 Å². The van der Waals surface area contributed by atoms with Crippen LogP contribution in [0.3, 0.4) is 0 Å². The maximum atomic E-state index is 13.3. The Morgan fingerprint density at radius 2 is 2.12 bits per heavy atom. The monoisotopic (exact) mass is 449 g/mol. The summed E-state index contributed by atoms with van der Waals surface area (Å²) in [5.74, 6) is -1.93. The van der Waals surface area contributed by atoms with Crippen molar-refractivity contribution in [1.29, 1.82) is 0 Å². The van der Waals surface area contributed by atoms with Crippen molar-refractivity contribution in [3.05, 3.63) is 62.9 Å². The van der Waals surface area contributed by atoms with E-state index in [0.29, 0.717) is 28.0 Å². The highest BCUT2D eigenvalue weighted by atomic mass is 16.6. The number of carbonyl (C=O) groups is 2. The summed E-state index contributed by atoms with van der Waals surface area (Å²) in [6.07, 6.45) is 1.47. The molecule has 0 saturated carbocycles. The van der Waals surface area contributed by atoms with E-state index in [-0.39, 0.29) is 36.3 Å². The van der Waals surface area contributed by atoms with E-state index in [0.717, 1.165) is 5.39 Å². The first-order valence-electron chi connectivity index (χ1n) is 10.3. The SMILES string of the molecule is CC[C@@]1(O)C(=O)OCc2c1cc1n(c2=O)Cc2c-1nc1ccccc1c2C=NOCC(=O)O. The Morgan fingerprint density at radius 1 is 1.33 bits per heavy atom. The normalized spacial score (nSPS) is 18.7. The highest BCUT2D eigenvalue weighted by molar-refractivity contribution is 6.02. The summed E-state index contributed by atoms with van der Waals surface area (Å²) in [7, 11) is 0. The zero-order chi connectivity index (χ0) is 23.3. The molecule has 0 radical (unpaired) electrons. The number of aromatic nitrogens is 2. The van der Waals surface area contributed by atoms with Crippen LogP contribution in [0.15, 0.2) is 40.3 Å². The number of cyclic esters (lactones) is 1. The molecule has 4 heterocycles. The molecule has 2 aliphatic rings. The number of hydrogen-bond acceptors (Lipinski definition) is 8. The third-order valence-corrected chi connectivity index (χ3v) is 6.08. The van der Waals surface area contributed by atoms with Crippen molar-refractivity contribution >= 4 is 29.1 Å². The lowest BCUT2D eigenvalue weighted by Crippen LogP contribution is -2.44. The highest BCUT2D eigenvalue weighted by Crippen LogP contribution is 2.39. The average molecular weight is 449 g/mol. The number of esters is 1. The van der Waals surface area contributed by atoms with Gasteiger partial charge in [-0.2, -0.15) is 0 Å². The Balaban J connectivity index is 1.73. The number of pyridine rings is 2. The van der Waals surface area contributed by atoms with Crippen molar-refractivity contribution in [2.24, 2.45) is 5.16 Å². The van der Waals surface area contributed by atoms with Gasteiger partial charge in [-0.15, -0.1) is 0 Å². The van der Waals surface area contributed by atoms with E-state index >= 15 is 0 Å². The lowest BCUT2D eigenvalue weighted by Gasteiger charge is -2.31. The fourth-order valence-corrected chi connectivity index (χ4v) is 4.39. The van der Waals surface area contributed by atoms with Gasteiger partial charge in [-0.05, 0) is 18.6 Å². The molecule has 10 heteroatoms. The second-order valence-corrected chi connectivity index (χ2v) is 7.87. The zero-order valence-electron chi connectivity index (χ0n) is 17.6. The Hall–Kier alpha value is -4.05. The van der Waals surface area contributed by atoms with Gasteiger partial charge >= 0.3 is 11.9 Å². The number of aliphatic carboxylic acids is 1. The molecule has 0 amide bonds. The van der Waals surface area contributed by atoms with Crippen LogP contribution in [0.5, 0.6) is 0 Å². The molecular weight excluding hydrogens is 430 g/mol. The summed E-state index contributed by atoms with van der Waals surface area (Å²) < 4.78 is 6.62. The summed E-state index contributed by atoms with van der Waals surface area (Å²) in [6.45, 7) is 1.04. The van der Waals surface area contributed by atoms with Gasteiger partial charge in [0.1, 0.15) is 6.61 Å². The molecule has 168 valence electrons. The number of carbonyl (C=O) groups excluding carboxylic acids is 1. The number of oxime groups is 1. The van der Waals surface area contributed by atoms with Gasteiger partial charge in [0, 0.05) is 22.1 Å². The number of nitrogens with zero attached hydrogens (tertiary/aromatic N) is 3. The first-order chi connectivity index (χ1) is 15.8. The quantitative estimate of drug-likeness (QED) is 0.265. The molecule has 0 spiro atoms.